The molecule has 1 aromatic rings. The van der Waals surface area contributed by atoms with Gasteiger partial charge in [0.05, 0.1) is 11.1 Å². The molecule has 0 saturated carbocycles. The molecule has 0 aliphatic rings. The number of rotatable bonds is 3. The number of ether oxygens (including phenoxy) is 1. The number of hydrogen-bond acceptors (Lipinski definition) is 3. The fraction of sp³-hybridized carbons (Fsp3) is 0.200. The first kappa shape index (κ1) is 12.8. The van der Waals surface area contributed by atoms with Crippen molar-refractivity contribution in [1.29, 1.82) is 5.26 Å². The number of aromatic carboxylic acids is 1. The molecule has 1 aromatic carbocycles. The molecule has 4 nitrogen and oxygen atoms in total. The fourth-order valence-electron chi connectivity index (χ4n) is 1.04. The second-order valence-corrected chi connectivity index (χ2v) is 3.03. The lowest BCUT2D eigenvalue weighted by Gasteiger charge is -2.10. The highest BCUT2D eigenvalue weighted by Crippen LogP contribution is 2.22. The van der Waals surface area contributed by atoms with Crippen LogP contribution in [0.1, 0.15) is 15.9 Å². The standard InChI is InChI=1S/C10H6F3NO3/c11-10(12,13)5-17-8-2-1-6(9(15)16)3-7(8)4-14/h1-3H,5H2,(H,15,16). The number of hydrogen-bond donors (Lipinski definition) is 1. The first-order valence-electron chi connectivity index (χ1n) is 4.30. The molecule has 1 N–H and O–H groups in total. The molecule has 0 heterocycles. The summed E-state index contributed by atoms with van der Waals surface area (Å²) >= 11 is 0. The summed E-state index contributed by atoms with van der Waals surface area (Å²) in [5, 5.41) is 17.3. The van der Waals surface area contributed by atoms with E-state index in [0.717, 1.165) is 18.2 Å². The third kappa shape index (κ3) is 3.68. The molecule has 1 rings (SSSR count). The molecule has 0 aromatic heterocycles. The minimum absolute atomic E-state index is 0.194. The highest BCUT2D eigenvalue weighted by atomic mass is 19.4. The zero-order valence-corrected chi connectivity index (χ0v) is 8.28. The largest absolute Gasteiger partial charge is 0.483 e. The predicted molar refractivity (Wildman–Crippen MR) is 49.7 cm³/mol. The lowest BCUT2D eigenvalue weighted by atomic mass is 10.1. The Morgan fingerprint density at radius 3 is 2.59 bits per heavy atom. The second-order valence-electron chi connectivity index (χ2n) is 3.03. The van der Waals surface area contributed by atoms with Gasteiger partial charge in [-0.25, -0.2) is 4.79 Å². The van der Waals surface area contributed by atoms with Gasteiger partial charge in [-0.1, -0.05) is 0 Å². The van der Waals surface area contributed by atoms with E-state index in [2.05, 4.69) is 4.74 Å². The van der Waals surface area contributed by atoms with Gasteiger partial charge >= 0.3 is 12.1 Å². The van der Waals surface area contributed by atoms with Crippen LogP contribution in [0.5, 0.6) is 5.75 Å². The summed E-state index contributed by atoms with van der Waals surface area (Å²) in [6.45, 7) is -1.53. The number of benzene rings is 1. The van der Waals surface area contributed by atoms with E-state index in [0.29, 0.717) is 0 Å². The van der Waals surface area contributed by atoms with Crippen LogP contribution in [0.25, 0.3) is 0 Å². The van der Waals surface area contributed by atoms with E-state index in [1.807, 2.05) is 0 Å². The molecular weight excluding hydrogens is 239 g/mol. The average Bonchev–Trinajstić information content (AvgIpc) is 2.24. The Kier molecular flexibility index (Phi) is 3.58. The van der Waals surface area contributed by atoms with E-state index in [-0.39, 0.29) is 16.9 Å². The quantitative estimate of drug-likeness (QED) is 0.886. The summed E-state index contributed by atoms with van der Waals surface area (Å²) in [5.41, 5.74) is -0.449. The van der Waals surface area contributed by atoms with Gasteiger partial charge in [0.15, 0.2) is 6.61 Å². The molecule has 0 aliphatic heterocycles. The van der Waals surface area contributed by atoms with Gasteiger partial charge in [-0.05, 0) is 18.2 Å². The van der Waals surface area contributed by atoms with Gasteiger partial charge in [-0.15, -0.1) is 0 Å². The Balaban J connectivity index is 2.95. The number of alkyl halides is 3. The summed E-state index contributed by atoms with van der Waals surface area (Å²) in [4.78, 5) is 10.6. The second kappa shape index (κ2) is 4.74. The highest BCUT2D eigenvalue weighted by molar-refractivity contribution is 5.88. The molecular formula is C10H6F3NO3. The van der Waals surface area contributed by atoms with Crippen molar-refractivity contribution in [2.45, 2.75) is 6.18 Å². The van der Waals surface area contributed by atoms with Crippen LogP contribution in [0.3, 0.4) is 0 Å². The van der Waals surface area contributed by atoms with E-state index in [1.165, 1.54) is 0 Å². The molecule has 0 unspecified atom stereocenters. The van der Waals surface area contributed by atoms with E-state index in [1.54, 1.807) is 6.07 Å². The van der Waals surface area contributed by atoms with E-state index < -0.39 is 18.8 Å². The van der Waals surface area contributed by atoms with E-state index >= 15 is 0 Å². The summed E-state index contributed by atoms with van der Waals surface area (Å²) in [7, 11) is 0. The zero-order chi connectivity index (χ0) is 13.1. The summed E-state index contributed by atoms with van der Waals surface area (Å²) in [6.07, 6.45) is -4.52. The summed E-state index contributed by atoms with van der Waals surface area (Å²) < 4.78 is 40.0. The van der Waals surface area contributed by atoms with Gasteiger partial charge in [0, 0.05) is 0 Å². The number of nitriles is 1. The van der Waals surface area contributed by atoms with Crippen molar-refractivity contribution in [3.8, 4) is 11.8 Å². The monoisotopic (exact) mass is 245 g/mol. The van der Waals surface area contributed by atoms with Crippen molar-refractivity contribution in [3.63, 3.8) is 0 Å². The lowest BCUT2D eigenvalue weighted by Crippen LogP contribution is -2.19. The van der Waals surface area contributed by atoms with Gasteiger partial charge in [0.1, 0.15) is 11.8 Å². The van der Waals surface area contributed by atoms with Crippen molar-refractivity contribution in [3.05, 3.63) is 29.3 Å². The maximum absolute atomic E-state index is 11.9. The first-order chi connectivity index (χ1) is 7.83. The third-order valence-electron chi connectivity index (χ3n) is 1.74. The molecule has 0 bridgehead atoms. The number of carboxylic acids is 1. The van der Waals surface area contributed by atoms with Crippen LogP contribution in [0.4, 0.5) is 13.2 Å². The van der Waals surface area contributed by atoms with Gasteiger partial charge in [0.25, 0.3) is 0 Å². The molecule has 90 valence electrons. The van der Waals surface area contributed by atoms with Crippen LogP contribution in [-0.4, -0.2) is 23.9 Å². The van der Waals surface area contributed by atoms with Crippen molar-refractivity contribution in [2.75, 3.05) is 6.61 Å². The minimum Gasteiger partial charge on any atom is -0.483 e. The Morgan fingerprint density at radius 1 is 1.47 bits per heavy atom. The van der Waals surface area contributed by atoms with Crippen LogP contribution in [-0.2, 0) is 0 Å². The van der Waals surface area contributed by atoms with Gasteiger partial charge in [-0.2, -0.15) is 18.4 Å². The summed E-state index contributed by atoms with van der Waals surface area (Å²) in [6, 6.07) is 4.61. The Bertz CT molecular complexity index is 477. The van der Waals surface area contributed by atoms with Crippen LogP contribution in [0.2, 0.25) is 0 Å². The minimum atomic E-state index is -4.52. The van der Waals surface area contributed by atoms with Crippen molar-refractivity contribution in [2.24, 2.45) is 0 Å². The highest BCUT2D eigenvalue weighted by Gasteiger charge is 2.28. The van der Waals surface area contributed by atoms with Gasteiger partial charge in [-0.3, -0.25) is 0 Å². The number of carbonyl (C=O) groups is 1. The van der Waals surface area contributed by atoms with E-state index in [4.69, 9.17) is 10.4 Å². The first-order valence-corrected chi connectivity index (χ1v) is 4.30. The Hall–Kier alpha value is -2.23. The maximum atomic E-state index is 11.9. The third-order valence-corrected chi connectivity index (χ3v) is 1.74. The van der Waals surface area contributed by atoms with Crippen LogP contribution in [0, 0.1) is 11.3 Å². The SMILES string of the molecule is N#Cc1cc(C(=O)O)ccc1OCC(F)(F)F. The maximum Gasteiger partial charge on any atom is 0.422 e. The lowest BCUT2D eigenvalue weighted by molar-refractivity contribution is -0.153. The zero-order valence-electron chi connectivity index (χ0n) is 8.28. The molecule has 0 atom stereocenters. The predicted octanol–water partition coefficient (Wildman–Crippen LogP) is 2.20. The van der Waals surface area contributed by atoms with Crippen LogP contribution in [0.15, 0.2) is 18.2 Å². The molecule has 0 radical (unpaired) electrons. The van der Waals surface area contributed by atoms with Gasteiger partial charge < -0.3 is 9.84 Å². The summed E-state index contributed by atoms with van der Waals surface area (Å²) in [5.74, 6) is -1.57. The number of halogens is 3. The molecule has 7 heteroatoms. The molecule has 0 saturated heterocycles. The molecule has 0 amide bonds. The number of nitrogens with zero attached hydrogens (tertiary/aromatic N) is 1. The molecule has 0 spiro atoms. The van der Waals surface area contributed by atoms with Crippen molar-refractivity contribution in [1.82, 2.24) is 0 Å². The fourth-order valence-corrected chi connectivity index (χ4v) is 1.04. The normalized spacial score (nSPS) is 10.7. The van der Waals surface area contributed by atoms with Crippen molar-refractivity contribution < 1.29 is 27.8 Å². The average molecular weight is 245 g/mol. The topological polar surface area (TPSA) is 70.3 Å². The molecule has 17 heavy (non-hydrogen) atoms. The van der Waals surface area contributed by atoms with Crippen LogP contribution >= 0.6 is 0 Å². The van der Waals surface area contributed by atoms with Crippen LogP contribution < -0.4 is 4.74 Å². The molecule has 0 fully saturated rings. The number of carboxylic acid groups (broad SMARTS) is 1. The Labute approximate surface area is 93.8 Å². The van der Waals surface area contributed by atoms with E-state index in [9.17, 15) is 18.0 Å². The van der Waals surface area contributed by atoms with Gasteiger partial charge in [0.2, 0.25) is 0 Å². The molecule has 0 aliphatic carbocycles. The van der Waals surface area contributed by atoms with Crippen molar-refractivity contribution >= 4 is 5.97 Å². The smallest absolute Gasteiger partial charge is 0.422 e. The Morgan fingerprint density at radius 2 is 2.12 bits per heavy atom.